The zero-order chi connectivity index (χ0) is 18.0. The second-order valence-corrected chi connectivity index (χ2v) is 8.47. The molecule has 0 saturated carbocycles. The van der Waals surface area contributed by atoms with E-state index in [4.69, 9.17) is 10.5 Å². The molecule has 0 atom stereocenters. The van der Waals surface area contributed by atoms with Crippen molar-refractivity contribution in [1.29, 1.82) is 0 Å². The first kappa shape index (κ1) is 18.4. The van der Waals surface area contributed by atoms with Crippen LogP contribution in [0, 0.1) is 5.41 Å². The SMILES string of the molecule is COc1ccccc1-n1cc(S(=O)(=O)N(C)CC(C)(C)CN)cn1. The molecule has 0 amide bonds. The molecule has 1 aromatic heterocycles. The fraction of sp³-hybridized carbons (Fsp3) is 0.438. The van der Waals surface area contributed by atoms with Crippen LogP contribution in [0.25, 0.3) is 5.69 Å². The normalized spacial score (nSPS) is 12.6. The Labute approximate surface area is 143 Å². The molecule has 0 bridgehead atoms. The Hall–Kier alpha value is -1.90. The van der Waals surface area contributed by atoms with Crippen molar-refractivity contribution in [1.82, 2.24) is 14.1 Å². The molecule has 0 unspecified atom stereocenters. The number of para-hydroxylation sites is 2. The first-order valence-electron chi connectivity index (χ1n) is 7.56. The highest BCUT2D eigenvalue weighted by atomic mass is 32.2. The quantitative estimate of drug-likeness (QED) is 0.815. The van der Waals surface area contributed by atoms with E-state index in [1.165, 1.54) is 21.4 Å². The first-order chi connectivity index (χ1) is 11.2. The van der Waals surface area contributed by atoms with Crippen molar-refractivity contribution in [2.75, 3.05) is 27.2 Å². The molecule has 24 heavy (non-hydrogen) atoms. The molecule has 7 nitrogen and oxygen atoms in total. The molecule has 0 spiro atoms. The number of nitrogens with two attached hydrogens (primary N) is 1. The van der Waals surface area contributed by atoms with Crippen molar-refractivity contribution < 1.29 is 13.2 Å². The Kier molecular flexibility index (Phi) is 5.32. The number of sulfonamides is 1. The molecule has 0 aliphatic carbocycles. The van der Waals surface area contributed by atoms with E-state index in [9.17, 15) is 8.42 Å². The maximum atomic E-state index is 12.7. The van der Waals surface area contributed by atoms with Crippen molar-refractivity contribution in [2.45, 2.75) is 18.7 Å². The van der Waals surface area contributed by atoms with Crippen LogP contribution in [-0.2, 0) is 10.0 Å². The molecule has 0 fully saturated rings. The molecular weight excluding hydrogens is 328 g/mol. The van der Waals surface area contributed by atoms with E-state index in [1.807, 2.05) is 32.0 Å². The zero-order valence-corrected chi connectivity index (χ0v) is 15.2. The minimum atomic E-state index is -3.64. The average Bonchev–Trinajstić information content (AvgIpc) is 3.05. The highest BCUT2D eigenvalue weighted by Gasteiger charge is 2.28. The van der Waals surface area contributed by atoms with Crippen LogP contribution < -0.4 is 10.5 Å². The lowest BCUT2D eigenvalue weighted by molar-refractivity contribution is 0.292. The Morgan fingerprint density at radius 1 is 1.33 bits per heavy atom. The molecule has 2 aromatic rings. The summed E-state index contributed by atoms with van der Waals surface area (Å²) in [4.78, 5) is 0.128. The summed E-state index contributed by atoms with van der Waals surface area (Å²) in [5.74, 6) is 0.613. The largest absolute Gasteiger partial charge is 0.494 e. The predicted molar refractivity (Wildman–Crippen MR) is 92.8 cm³/mol. The van der Waals surface area contributed by atoms with Crippen LogP contribution in [0.4, 0.5) is 0 Å². The number of methoxy groups -OCH3 is 1. The van der Waals surface area contributed by atoms with Gasteiger partial charge >= 0.3 is 0 Å². The highest BCUT2D eigenvalue weighted by Crippen LogP contribution is 2.24. The molecule has 1 heterocycles. The predicted octanol–water partition coefficient (Wildman–Crippen LogP) is 1.49. The molecular formula is C16H24N4O3S. The third-order valence-corrected chi connectivity index (χ3v) is 5.56. The Morgan fingerprint density at radius 3 is 2.62 bits per heavy atom. The van der Waals surface area contributed by atoms with E-state index >= 15 is 0 Å². The van der Waals surface area contributed by atoms with Gasteiger partial charge in [0.2, 0.25) is 10.0 Å². The molecule has 132 valence electrons. The van der Waals surface area contributed by atoms with Gasteiger partial charge in [0.25, 0.3) is 0 Å². The summed E-state index contributed by atoms with van der Waals surface area (Å²) >= 11 is 0. The number of hydrogen-bond donors (Lipinski definition) is 1. The molecule has 2 N–H and O–H groups in total. The zero-order valence-electron chi connectivity index (χ0n) is 14.4. The van der Waals surface area contributed by atoms with Crippen LogP contribution in [0.15, 0.2) is 41.6 Å². The third-order valence-electron chi connectivity index (χ3n) is 3.80. The van der Waals surface area contributed by atoms with E-state index in [-0.39, 0.29) is 10.3 Å². The van der Waals surface area contributed by atoms with E-state index in [2.05, 4.69) is 5.10 Å². The molecule has 1 aromatic carbocycles. The minimum absolute atomic E-state index is 0.128. The van der Waals surface area contributed by atoms with Gasteiger partial charge in [-0.2, -0.15) is 5.10 Å². The molecule has 0 aliphatic rings. The van der Waals surface area contributed by atoms with Gasteiger partial charge in [-0.3, -0.25) is 0 Å². The maximum Gasteiger partial charge on any atom is 0.245 e. The molecule has 2 rings (SSSR count). The maximum absolute atomic E-state index is 12.7. The van der Waals surface area contributed by atoms with E-state index < -0.39 is 10.0 Å². The first-order valence-corrected chi connectivity index (χ1v) is 9.00. The summed E-state index contributed by atoms with van der Waals surface area (Å²) in [7, 11) is -0.528. The molecule has 8 heteroatoms. The third kappa shape index (κ3) is 3.77. The minimum Gasteiger partial charge on any atom is -0.494 e. The smallest absolute Gasteiger partial charge is 0.245 e. The van der Waals surface area contributed by atoms with E-state index in [0.717, 1.165) is 0 Å². The summed E-state index contributed by atoms with van der Waals surface area (Å²) in [5, 5.41) is 4.17. The number of hydrogen-bond acceptors (Lipinski definition) is 5. The van der Waals surface area contributed by atoms with E-state index in [1.54, 1.807) is 20.2 Å². The second kappa shape index (κ2) is 6.92. The van der Waals surface area contributed by atoms with Gasteiger partial charge in [0, 0.05) is 13.6 Å². The number of aromatic nitrogens is 2. The number of rotatable bonds is 7. The number of nitrogens with zero attached hydrogens (tertiary/aromatic N) is 3. The topological polar surface area (TPSA) is 90.5 Å². The lowest BCUT2D eigenvalue weighted by Crippen LogP contribution is -2.39. The Morgan fingerprint density at radius 2 is 2.00 bits per heavy atom. The fourth-order valence-corrected chi connectivity index (χ4v) is 3.62. The van der Waals surface area contributed by atoms with Gasteiger partial charge in [-0.05, 0) is 24.1 Å². The van der Waals surface area contributed by atoms with Gasteiger partial charge in [0.15, 0.2) is 0 Å². The van der Waals surface area contributed by atoms with Crippen molar-refractivity contribution in [3.05, 3.63) is 36.7 Å². The van der Waals surface area contributed by atoms with Crippen LogP contribution >= 0.6 is 0 Å². The molecule has 0 saturated heterocycles. The van der Waals surface area contributed by atoms with Gasteiger partial charge in [-0.15, -0.1) is 0 Å². The van der Waals surface area contributed by atoms with Crippen molar-refractivity contribution >= 4 is 10.0 Å². The van der Waals surface area contributed by atoms with Crippen LogP contribution in [-0.4, -0.2) is 49.8 Å². The van der Waals surface area contributed by atoms with Gasteiger partial charge < -0.3 is 10.5 Å². The second-order valence-electron chi connectivity index (χ2n) is 6.42. The van der Waals surface area contributed by atoms with Crippen LogP contribution in [0.5, 0.6) is 5.75 Å². The van der Waals surface area contributed by atoms with Gasteiger partial charge in [0.1, 0.15) is 16.3 Å². The van der Waals surface area contributed by atoms with Crippen molar-refractivity contribution in [2.24, 2.45) is 11.1 Å². The highest BCUT2D eigenvalue weighted by molar-refractivity contribution is 7.89. The summed E-state index contributed by atoms with van der Waals surface area (Å²) in [6.45, 7) is 4.58. The number of ether oxygens (including phenoxy) is 1. The van der Waals surface area contributed by atoms with Crippen molar-refractivity contribution in [3.63, 3.8) is 0 Å². The summed E-state index contributed by atoms with van der Waals surface area (Å²) in [5.41, 5.74) is 6.06. The lowest BCUT2D eigenvalue weighted by atomic mass is 9.94. The summed E-state index contributed by atoms with van der Waals surface area (Å²) < 4.78 is 33.5. The monoisotopic (exact) mass is 352 g/mol. The van der Waals surface area contributed by atoms with Crippen LogP contribution in [0.1, 0.15) is 13.8 Å². The Balaban J connectivity index is 2.32. The number of benzene rings is 1. The molecule has 0 radical (unpaired) electrons. The average molecular weight is 352 g/mol. The van der Waals surface area contributed by atoms with E-state index in [0.29, 0.717) is 24.5 Å². The van der Waals surface area contributed by atoms with Gasteiger partial charge in [0.05, 0.1) is 19.5 Å². The van der Waals surface area contributed by atoms with Crippen LogP contribution in [0.2, 0.25) is 0 Å². The van der Waals surface area contributed by atoms with Crippen molar-refractivity contribution in [3.8, 4) is 11.4 Å². The standard InChI is InChI=1S/C16H24N4O3S/c1-16(2,11-17)12-19(3)24(21,22)13-9-18-20(10-13)14-7-5-6-8-15(14)23-4/h5-10H,11-12,17H2,1-4H3. The fourth-order valence-electron chi connectivity index (χ4n) is 2.32. The summed E-state index contributed by atoms with van der Waals surface area (Å²) in [6, 6.07) is 7.28. The lowest BCUT2D eigenvalue weighted by Gasteiger charge is -2.28. The molecule has 0 aliphatic heterocycles. The van der Waals surface area contributed by atoms with Gasteiger partial charge in [-0.1, -0.05) is 26.0 Å². The van der Waals surface area contributed by atoms with Gasteiger partial charge in [-0.25, -0.2) is 17.4 Å². The van der Waals surface area contributed by atoms with Crippen LogP contribution in [0.3, 0.4) is 0 Å². The Bertz CT molecular complexity index is 799. The summed E-state index contributed by atoms with van der Waals surface area (Å²) in [6.07, 6.45) is 2.83.